The number of rotatable bonds is 11. The fraction of sp³-hybridized carbons (Fsp3) is 0.300. The lowest BCUT2D eigenvalue weighted by atomic mass is 9.97. The molecule has 10 nitrogen and oxygen atoms in total. The van der Waals surface area contributed by atoms with Gasteiger partial charge in [-0.2, -0.15) is 0 Å². The summed E-state index contributed by atoms with van der Waals surface area (Å²) < 4.78 is 29.1. The van der Waals surface area contributed by atoms with Crippen LogP contribution in [0.2, 0.25) is 0 Å². The van der Waals surface area contributed by atoms with Crippen molar-refractivity contribution in [1.82, 2.24) is 5.32 Å². The number of benzene rings is 3. The van der Waals surface area contributed by atoms with Crippen LogP contribution >= 0.6 is 0 Å². The Kier molecular flexibility index (Phi) is 10.6. The van der Waals surface area contributed by atoms with Gasteiger partial charge in [0.1, 0.15) is 11.9 Å². The van der Waals surface area contributed by atoms with E-state index in [-0.39, 0.29) is 35.1 Å². The van der Waals surface area contributed by atoms with Crippen molar-refractivity contribution in [3.8, 4) is 11.1 Å². The Balaban J connectivity index is 1.73. The maximum atomic E-state index is 13.4. The van der Waals surface area contributed by atoms with Crippen LogP contribution in [0, 0.1) is 17.2 Å². The second-order valence-corrected chi connectivity index (χ2v) is 11.7. The van der Waals surface area contributed by atoms with Gasteiger partial charge in [0, 0.05) is 22.5 Å². The van der Waals surface area contributed by atoms with E-state index in [1.807, 2.05) is 27.7 Å². The fourth-order valence-electron chi connectivity index (χ4n) is 4.00. The molecule has 218 valence electrons. The third kappa shape index (κ3) is 8.89. The Hall–Kier alpha value is -4.22. The minimum absolute atomic E-state index is 0.0239. The molecule has 0 heterocycles. The van der Waals surface area contributed by atoms with E-state index in [2.05, 4.69) is 16.0 Å². The molecule has 0 radical (unpaired) electrons. The number of nitrogens with two attached hydrogens (primary N) is 1. The topological polar surface area (TPSA) is 163 Å². The van der Waals surface area contributed by atoms with Crippen LogP contribution in [0.5, 0.6) is 0 Å². The summed E-state index contributed by atoms with van der Waals surface area (Å²) in [6.07, 6.45) is 0.0331. The van der Waals surface area contributed by atoms with E-state index < -0.39 is 22.2 Å². The molecule has 2 atom stereocenters. The minimum atomic E-state index is -3.90. The van der Waals surface area contributed by atoms with Gasteiger partial charge in [0.15, 0.2) is 0 Å². The maximum absolute atomic E-state index is 13.4. The van der Waals surface area contributed by atoms with E-state index in [1.165, 1.54) is 6.07 Å². The smallest absolute Gasteiger partial charge is 0.412 e. The Morgan fingerprint density at radius 2 is 1.63 bits per heavy atom. The predicted octanol–water partition coefficient (Wildman–Crippen LogP) is 5.17. The Morgan fingerprint density at radius 1 is 0.951 bits per heavy atom. The molecular weight excluding hydrogens is 542 g/mol. The highest BCUT2D eigenvalue weighted by Crippen LogP contribution is 2.28. The molecule has 1 unspecified atom stereocenters. The van der Waals surface area contributed by atoms with Gasteiger partial charge in [-0.25, -0.2) is 18.4 Å². The molecule has 0 aliphatic heterocycles. The Morgan fingerprint density at radius 3 is 2.27 bits per heavy atom. The number of nitrogens with one attached hydrogen (secondary N) is 4. The summed E-state index contributed by atoms with van der Waals surface area (Å²) in [5, 5.41) is 22.2. The van der Waals surface area contributed by atoms with Crippen LogP contribution in [0.25, 0.3) is 11.1 Å². The van der Waals surface area contributed by atoms with Crippen LogP contribution in [0.4, 0.5) is 16.2 Å². The molecule has 0 fully saturated rings. The van der Waals surface area contributed by atoms with E-state index >= 15 is 0 Å². The molecule has 0 aromatic heterocycles. The van der Waals surface area contributed by atoms with Crippen molar-refractivity contribution in [2.24, 2.45) is 17.0 Å². The van der Waals surface area contributed by atoms with Gasteiger partial charge in [-0.05, 0) is 47.7 Å². The third-order valence-corrected chi connectivity index (χ3v) is 7.37. The summed E-state index contributed by atoms with van der Waals surface area (Å²) in [5.41, 5.74) is 2.72. The lowest BCUT2D eigenvalue weighted by molar-refractivity contribution is -0.117. The second-order valence-electron chi connectivity index (χ2n) is 10.2. The SMILES string of the molecule is CCC(C)[C@H](Nc1cccc(C(=N)NC(=O)OCC(C)C)c1)C(=O)Nc1ccc(-c2ccccc2S(N)(=O)=O)cc1. The average molecular weight is 580 g/mol. The van der Waals surface area contributed by atoms with Crippen LogP contribution in [-0.4, -0.2) is 38.9 Å². The molecule has 0 bridgehead atoms. The molecule has 0 aliphatic rings. The molecule has 2 amide bonds. The van der Waals surface area contributed by atoms with Crippen molar-refractivity contribution in [1.29, 1.82) is 5.41 Å². The first-order chi connectivity index (χ1) is 19.4. The number of primary sulfonamides is 1. The van der Waals surface area contributed by atoms with Crippen molar-refractivity contribution in [3.63, 3.8) is 0 Å². The van der Waals surface area contributed by atoms with Gasteiger partial charge in [-0.15, -0.1) is 0 Å². The highest BCUT2D eigenvalue weighted by molar-refractivity contribution is 7.89. The number of ether oxygens (including phenoxy) is 1. The predicted molar refractivity (Wildman–Crippen MR) is 161 cm³/mol. The highest BCUT2D eigenvalue weighted by atomic mass is 32.2. The number of amidine groups is 1. The van der Waals surface area contributed by atoms with Gasteiger partial charge in [-0.3, -0.25) is 15.5 Å². The number of hydrogen-bond acceptors (Lipinski definition) is 7. The van der Waals surface area contributed by atoms with Gasteiger partial charge in [0.25, 0.3) is 0 Å². The number of alkyl carbamates (subject to hydrolysis) is 1. The van der Waals surface area contributed by atoms with E-state index in [9.17, 15) is 18.0 Å². The zero-order valence-corrected chi connectivity index (χ0v) is 24.4. The third-order valence-electron chi connectivity index (χ3n) is 6.40. The largest absolute Gasteiger partial charge is 0.449 e. The summed E-state index contributed by atoms with van der Waals surface area (Å²) >= 11 is 0. The first kappa shape index (κ1) is 31.3. The molecular formula is C30H37N5O5S. The van der Waals surface area contributed by atoms with Gasteiger partial charge in [-0.1, -0.05) is 76.6 Å². The molecule has 3 aromatic rings. The normalized spacial score (nSPS) is 12.7. The average Bonchev–Trinajstić information content (AvgIpc) is 2.94. The number of hydrogen-bond donors (Lipinski definition) is 5. The molecule has 0 saturated carbocycles. The summed E-state index contributed by atoms with van der Waals surface area (Å²) in [7, 11) is -3.90. The molecule has 6 N–H and O–H groups in total. The van der Waals surface area contributed by atoms with Crippen LogP contribution in [0.15, 0.2) is 77.7 Å². The van der Waals surface area contributed by atoms with Crippen molar-refractivity contribution in [2.45, 2.75) is 45.1 Å². The van der Waals surface area contributed by atoms with Gasteiger partial charge in [0.05, 0.1) is 11.5 Å². The molecule has 3 rings (SSSR count). The standard InChI is InChI=1S/C30H37N5O5S/c1-5-20(4)27(33-24-10-8-9-22(17-24)28(31)35-30(37)40-18-19(2)3)29(36)34-23-15-13-21(14-16-23)25-11-6-7-12-26(25)41(32,38)39/h6-17,19-20,27,33H,5,18H2,1-4H3,(H,34,36)(H2,31,35,37)(H2,32,38,39)/t20?,27-/m0/s1. The molecule has 41 heavy (non-hydrogen) atoms. The highest BCUT2D eigenvalue weighted by Gasteiger charge is 2.24. The molecule has 0 aliphatic carbocycles. The summed E-state index contributed by atoms with van der Waals surface area (Å²) in [6, 6.07) is 19.6. The van der Waals surface area contributed by atoms with Crippen LogP contribution < -0.4 is 21.1 Å². The van der Waals surface area contributed by atoms with Gasteiger partial charge in [0.2, 0.25) is 15.9 Å². The first-order valence-electron chi connectivity index (χ1n) is 13.3. The zero-order valence-electron chi connectivity index (χ0n) is 23.6. The Bertz CT molecular complexity index is 1490. The molecule has 3 aromatic carbocycles. The van der Waals surface area contributed by atoms with E-state index in [1.54, 1.807) is 66.7 Å². The summed E-state index contributed by atoms with van der Waals surface area (Å²) in [4.78, 5) is 25.4. The van der Waals surface area contributed by atoms with Gasteiger partial charge >= 0.3 is 6.09 Å². The first-order valence-corrected chi connectivity index (χ1v) is 14.9. The van der Waals surface area contributed by atoms with Crippen LogP contribution in [0.1, 0.15) is 39.7 Å². The van der Waals surface area contributed by atoms with E-state index in [4.69, 9.17) is 15.3 Å². The summed E-state index contributed by atoms with van der Waals surface area (Å²) in [6.45, 7) is 8.04. The van der Waals surface area contributed by atoms with Crippen LogP contribution in [0.3, 0.4) is 0 Å². The quantitative estimate of drug-likeness (QED) is 0.155. The fourth-order valence-corrected chi connectivity index (χ4v) is 4.77. The monoisotopic (exact) mass is 579 g/mol. The van der Waals surface area contributed by atoms with E-state index in [0.29, 0.717) is 28.1 Å². The van der Waals surface area contributed by atoms with Crippen molar-refractivity contribution in [3.05, 3.63) is 78.4 Å². The van der Waals surface area contributed by atoms with Crippen molar-refractivity contribution in [2.75, 3.05) is 17.2 Å². The molecule has 0 spiro atoms. The Labute approximate surface area is 241 Å². The number of amides is 2. The number of anilines is 2. The van der Waals surface area contributed by atoms with E-state index in [0.717, 1.165) is 6.42 Å². The number of carbonyl (C=O) groups is 2. The summed E-state index contributed by atoms with van der Waals surface area (Å²) in [5.74, 6) is -0.233. The van der Waals surface area contributed by atoms with Crippen LogP contribution in [-0.2, 0) is 19.6 Å². The second kappa shape index (κ2) is 13.9. The van der Waals surface area contributed by atoms with Crippen molar-refractivity contribution >= 4 is 39.2 Å². The minimum Gasteiger partial charge on any atom is -0.449 e. The lowest BCUT2D eigenvalue weighted by Gasteiger charge is -2.25. The zero-order chi connectivity index (χ0) is 30.2. The molecule has 0 saturated heterocycles. The number of sulfonamides is 1. The maximum Gasteiger partial charge on any atom is 0.412 e. The molecule has 11 heteroatoms. The van der Waals surface area contributed by atoms with Gasteiger partial charge < -0.3 is 15.4 Å². The number of carbonyl (C=O) groups excluding carboxylic acids is 2. The van der Waals surface area contributed by atoms with Crippen molar-refractivity contribution < 1.29 is 22.7 Å². The lowest BCUT2D eigenvalue weighted by Crippen LogP contribution is -2.39.